The van der Waals surface area contributed by atoms with Gasteiger partial charge in [-0.3, -0.25) is 0 Å². The summed E-state index contributed by atoms with van der Waals surface area (Å²) in [4.78, 5) is 0. The Morgan fingerprint density at radius 2 is 1.53 bits per heavy atom. The van der Waals surface area contributed by atoms with Crippen LogP contribution < -0.4 is 0 Å². The molecule has 0 aliphatic rings. The van der Waals surface area contributed by atoms with Crippen molar-refractivity contribution in [3.05, 3.63) is 0 Å². The SMILES string of the molecule is CCCCCCCCC(CCOC)C(Cl)(Cl)Cl. The van der Waals surface area contributed by atoms with E-state index in [0.717, 1.165) is 19.3 Å². The predicted octanol–water partition coefficient (Wildman–Crippen LogP) is 5.76. The van der Waals surface area contributed by atoms with E-state index in [2.05, 4.69) is 6.92 Å². The van der Waals surface area contributed by atoms with Gasteiger partial charge in [-0.25, -0.2) is 0 Å². The Morgan fingerprint density at radius 1 is 0.941 bits per heavy atom. The molecule has 0 amide bonds. The average molecular weight is 304 g/mol. The summed E-state index contributed by atoms with van der Waals surface area (Å²) in [5.41, 5.74) is 0. The van der Waals surface area contributed by atoms with Crippen LogP contribution in [0.1, 0.15) is 58.3 Å². The summed E-state index contributed by atoms with van der Waals surface area (Å²) >= 11 is 17.9. The molecule has 0 saturated heterocycles. The molecule has 1 unspecified atom stereocenters. The summed E-state index contributed by atoms with van der Waals surface area (Å²) in [6, 6.07) is 0. The molecule has 0 spiro atoms. The zero-order chi connectivity index (χ0) is 13.1. The van der Waals surface area contributed by atoms with Gasteiger partial charge in [0.2, 0.25) is 0 Å². The largest absolute Gasteiger partial charge is 0.385 e. The molecule has 0 rings (SSSR count). The number of methoxy groups -OCH3 is 1. The van der Waals surface area contributed by atoms with Gasteiger partial charge in [0.25, 0.3) is 0 Å². The molecule has 0 fully saturated rings. The van der Waals surface area contributed by atoms with Crippen LogP contribution in [0.2, 0.25) is 0 Å². The van der Waals surface area contributed by atoms with Crippen LogP contribution in [0.5, 0.6) is 0 Å². The van der Waals surface area contributed by atoms with Crippen LogP contribution in [0.15, 0.2) is 0 Å². The van der Waals surface area contributed by atoms with Gasteiger partial charge in [0.15, 0.2) is 3.79 Å². The summed E-state index contributed by atoms with van der Waals surface area (Å²) in [6.07, 6.45) is 9.42. The molecule has 104 valence electrons. The maximum atomic E-state index is 5.97. The van der Waals surface area contributed by atoms with Gasteiger partial charge >= 0.3 is 0 Å². The Morgan fingerprint density at radius 3 is 2.06 bits per heavy atom. The molecule has 4 heteroatoms. The third kappa shape index (κ3) is 10.4. The van der Waals surface area contributed by atoms with Crippen molar-refractivity contribution in [3.8, 4) is 0 Å². The van der Waals surface area contributed by atoms with Crippen molar-refractivity contribution in [2.45, 2.75) is 62.1 Å². The predicted molar refractivity (Wildman–Crippen MR) is 78.3 cm³/mol. The lowest BCUT2D eigenvalue weighted by Crippen LogP contribution is -2.21. The van der Waals surface area contributed by atoms with Crippen molar-refractivity contribution in [1.82, 2.24) is 0 Å². The van der Waals surface area contributed by atoms with E-state index >= 15 is 0 Å². The highest BCUT2D eigenvalue weighted by Gasteiger charge is 2.31. The lowest BCUT2D eigenvalue weighted by molar-refractivity contribution is 0.174. The minimum atomic E-state index is -1.15. The Bertz CT molecular complexity index is 169. The number of alkyl halides is 3. The molecular weight excluding hydrogens is 279 g/mol. The average Bonchev–Trinajstić information content (AvgIpc) is 2.25. The van der Waals surface area contributed by atoms with E-state index in [1.54, 1.807) is 7.11 Å². The second kappa shape index (κ2) is 10.7. The van der Waals surface area contributed by atoms with Crippen molar-refractivity contribution in [3.63, 3.8) is 0 Å². The zero-order valence-corrected chi connectivity index (χ0v) is 13.3. The number of ether oxygens (including phenoxy) is 1. The molecule has 0 bridgehead atoms. The zero-order valence-electron chi connectivity index (χ0n) is 11.0. The minimum Gasteiger partial charge on any atom is -0.385 e. The minimum absolute atomic E-state index is 0.110. The lowest BCUT2D eigenvalue weighted by atomic mass is 9.98. The van der Waals surface area contributed by atoms with Gasteiger partial charge < -0.3 is 4.74 Å². The quantitative estimate of drug-likeness (QED) is 0.368. The molecule has 0 saturated carbocycles. The number of rotatable bonds is 10. The molecule has 0 aromatic rings. The van der Waals surface area contributed by atoms with Crippen LogP contribution in [0.25, 0.3) is 0 Å². The van der Waals surface area contributed by atoms with Gasteiger partial charge in [0.1, 0.15) is 0 Å². The normalized spacial score (nSPS) is 13.9. The molecule has 0 heterocycles. The molecule has 0 aliphatic heterocycles. The van der Waals surface area contributed by atoms with E-state index < -0.39 is 3.79 Å². The molecule has 0 aliphatic carbocycles. The summed E-state index contributed by atoms with van der Waals surface area (Å²) < 4.78 is 3.90. The van der Waals surface area contributed by atoms with Crippen LogP contribution in [-0.2, 0) is 4.74 Å². The van der Waals surface area contributed by atoms with Crippen LogP contribution in [-0.4, -0.2) is 17.5 Å². The first-order chi connectivity index (χ1) is 8.02. The van der Waals surface area contributed by atoms with Gasteiger partial charge in [-0.05, 0) is 12.8 Å². The van der Waals surface area contributed by atoms with Crippen LogP contribution in [0.3, 0.4) is 0 Å². The van der Waals surface area contributed by atoms with E-state index in [9.17, 15) is 0 Å². The highest BCUT2D eigenvalue weighted by atomic mass is 35.6. The van der Waals surface area contributed by atoms with E-state index in [1.165, 1.54) is 32.1 Å². The van der Waals surface area contributed by atoms with E-state index in [4.69, 9.17) is 39.5 Å². The molecule has 0 aromatic heterocycles. The van der Waals surface area contributed by atoms with Crippen molar-refractivity contribution in [1.29, 1.82) is 0 Å². The lowest BCUT2D eigenvalue weighted by Gasteiger charge is -2.24. The fourth-order valence-corrected chi connectivity index (χ4v) is 2.56. The standard InChI is InChI=1S/C13H25Cl3O/c1-3-4-5-6-7-8-9-12(10-11-17-2)13(14,15)16/h12H,3-11H2,1-2H3. The maximum absolute atomic E-state index is 5.97. The summed E-state index contributed by atoms with van der Waals surface area (Å²) in [6.45, 7) is 2.89. The third-order valence-electron chi connectivity index (χ3n) is 3.04. The second-order valence-corrected chi connectivity index (χ2v) is 6.95. The summed E-state index contributed by atoms with van der Waals surface area (Å²) in [5, 5.41) is 0. The fourth-order valence-electron chi connectivity index (χ4n) is 1.90. The molecular formula is C13H25Cl3O. The van der Waals surface area contributed by atoms with E-state index in [-0.39, 0.29) is 5.92 Å². The summed E-state index contributed by atoms with van der Waals surface area (Å²) in [5.74, 6) is 0.110. The number of hydrogen-bond donors (Lipinski definition) is 0. The van der Waals surface area contributed by atoms with E-state index in [0.29, 0.717) is 6.61 Å². The van der Waals surface area contributed by atoms with Crippen molar-refractivity contribution < 1.29 is 4.74 Å². The Balaban J connectivity index is 3.69. The molecule has 1 atom stereocenters. The van der Waals surface area contributed by atoms with Crippen molar-refractivity contribution in [2.75, 3.05) is 13.7 Å². The smallest absolute Gasteiger partial charge is 0.193 e. The highest BCUT2D eigenvalue weighted by molar-refractivity contribution is 6.67. The first kappa shape index (κ1) is 17.8. The van der Waals surface area contributed by atoms with Gasteiger partial charge in [0.05, 0.1) is 0 Å². The topological polar surface area (TPSA) is 9.23 Å². The first-order valence-corrected chi connectivity index (χ1v) is 7.71. The monoisotopic (exact) mass is 302 g/mol. The fraction of sp³-hybridized carbons (Fsp3) is 1.00. The van der Waals surface area contributed by atoms with E-state index in [1.807, 2.05) is 0 Å². The first-order valence-electron chi connectivity index (χ1n) is 6.58. The highest BCUT2D eigenvalue weighted by Crippen LogP contribution is 2.39. The van der Waals surface area contributed by atoms with Gasteiger partial charge in [0, 0.05) is 19.6 Å². The third-order valence-corrected chi connectivity index (χ3v) is 3.97. The number of hydrogen-bond acceptors (Lipinski definition) is 1. The van der Waals surface area contributed by atoms with Gasteiger partial charge in [-0.2, -0.15) is 0 Å². The van der Waals surface area contributed by atoms with Crippen molar-refractivity contribution in [2.24, 2.45) is 5.92 Å². The molecule has 0 radical (unpaired) electrons. The number of halogens is 3. The Kier molecular flexibility index (Phi) is 11.2. The molecule has 17 heavy (non-hydrogen) atoms. The molecule has 0 aromatic carbocycles. The maximum Gasteiger partial charge on any atom is 0.193 e. The van der Waals surface area contributed by atoms with Crippen LogP contribution >= 0.6 is 34.8 Å². The van der Waals surface area contributed by atoms with Crippen LogP contribution in [0, 0.1) is 5.92 Å². The molecule has 1 nitrogen and oxygen atoms in total. The number of unbranched alkanes of at least 4 members (excludes halogenated alkanes) is 5. The van der Waals surface area contributed by atoms with Gasteiger partial charge in [-0.1, -0.05) is 80.3 Å². The Labute approximate surface area is 121 Å². The Hall–Kier alpha value is 0.830. The second-order valence-electron chi connectivity index (χ2n) is 4.58. The van der Waals surface area contributed by atoms with Crippen LogP contribution in [0.4, 0.5) is 0 Å². The summed E-state index contributed by atoms with van der Waals surface area (Å²) in [7, 11) is 1.68. The van der Waals surface area contributed by atoms with Gasteiger partial charge in [-0.15, -0.1) is 0 Å². The van der Waals surface area contributed by atoms with Crippen molar-refractivity contribution >= 4 is 34.8 Å². The molecule has 0 N–H and O–H groups in total.